The molecule has 2 heterocycles. The van der Waals surface area contributed by atoms with Gasteiger partial charge in [0.05, 0.1) is 4.88 Å². The Morgan fingerprint density at radius 1 is 1.56 bits per heavy atom. The van der Waals surface area contributed by atoms with Gasteiger partial charge >= 0.3 is 0 Å². The molecule has 0 aliphatic carbocycles. The van der Waals surface area contributed by atoms with Gasteiger partial charge in [-0.3, -0.25) is 5.10 Å². The number of H-pyrrole nitrogens is 1. The Kier molecular flexibility index (Phi) is 2.53. The average Bonchev–Trinajstić information content (AvgIpc) is 2.84. The molecule has 5 nitrogen and oxygen atoms in total. The number of nitrogens with one attached hydrogen (secondary N) is 1. The number of hydrogen-bond donors (Lipinski definition) is 1. The third-order valence-corrected chi connectivity index (χ3v) is 3.88. The predicted molar refractivity (Wildman–Crippen MR) is 59.7 cm³/mol. The lowest BCUT2D eigenvalue weighted by Gasteiger charge is -1.93. The van der Waals surface area contributed by atoms with Crippen LogP contribution in [0.5, 0.6) is 0 Å². The normalized spacial score (nSPS) is 11.2. The van der Waals surface area contributed by atoms with Gasteiger partial charge in [-0.05, 0) is 11.4 Å². The summed E-state index contributed by atoms with van der Waals surface area (Å²) in [6, 6.07) is 5.47. The maximum Gasteiger partial charge on any atom is 0.193 e. The lowest BCUT2D eigenvalue weighted by atomic mass is 10.2. The number of sulfone groups is 1. The number of thiophene rings is 1. The van der Waals surface area contributed by atoms with Crippen molar-refractivity contribution in [1.82, 2.24) is 10.2 Å². The molecule has 0 unspecified atom stereocenters. The highest BCUT2D eigenvalue weighted by Crippen LogP contribution is 2.28. The van der Waals surface area contributed by atoms with Gasteiger partial charge in [-0.15, -0.1) is 11.3 Å². The molecule has 82 valence electrons. The summed E-state index contributed by atoms with van der Waals surface area (Å²) in [4.78, 5) is 0.766. The molecule has 0 spiro atoms. The highest BCUT2D eigenvalue weighted by molar-refractivity contribution is 7.90. The summed E-state index contributed by atoms with van der Waals surface area (Å²) in [6.07, 6.45) is 1.04. The summed E-state index contributed by atoms with van der Waals surface area (Å²) in [5, 5.41) is 17.0. The number of aromatic amines is 1. The standard InChI is InChI=1S/C9H7N3O2S2/c1-16(13,14)9-6(5-10)8(11-12-9)7-3-2-4-15-7/h2-4H,1H3,(H,11,12). The van der Waals surface area contributed by atoms with E-state index in [1.54, 1.807) is 6.07 Å². The summed E-state index contributed by atoms with van der Waals surface area (Å²) in [5.74, 6) is 0. The zero-order valence-corrected chi connectivity index (χ0v) is 9.89. The van der Waals surface area contributed by atoms with E-state index in [9.17, 15) is 8.42 Å². The SMILES string of the molecule is CS(=O)(=O)c1[nH]nc(-c2cccs2)c1C#N. The van der Waals surface area contributed by atoms with Gasteiger partial charge < -0.3 is 0 Å². The Morgan fingerprint density at radius 2 is 2.31 bits per heavy atom. The fourth-order valence-electron chi connectivity index (χ4n) is 1.29. The van der Waals surface area contributed by atoms with Gasteiger partial charge in [0.25, 0.3) is 0 Å². The Balaban J connectivity index is 2.69. The monoisotopic (exact) mass is 253 g/mol. The van der Waals surface area contributed by atoms with Crippen LogP contribution in [0.4, 0.5) is 0 Å². The van der Waals surface area contributed by atoms with Crippen LogP contribution in [0.1, 0.15) is 5.56 Å². The molecule has 2 rings (SSSR count). The highest BCUT2D eigenvalue weighted by Gasteiger charge is 2.21. The quantitative estimate of drug-likeness (QED) is 0.876. The van der Waals surface area contributed by atoms with Crippen molar-refractivity contribution in [2.24, 2.45) is 0 Å². The molecule has 2 aromatic heterocycles. The lowest BCUT2D eigenvalue weighted by molar-refractivity contribution is 0.597. The van der Waals surface area contributed by atoms with E-state index in [-0.39, 0.29) is 10.6 Å². The van der Waals surface area contributed by atoms with Crippen molar-refractivity contribution >= 4 is 21.2 Å². The minimum Gasteiger partial charge on any atom is -0.266 e. The molecule has 0 amide bonds. The lowest BCUT2D eigenvalue weighted by Crippen LogP contribution is -1.99. The molecule has 2 aromatic rings. The van der Waals surface area contributed by atoms with Gasteiger partial charge in [0.1, 0.15) is 17.3 Å². The van der Waals surface area contributed by atoms with Gasteiger partial charge in [-0.25, -0.2) is 8.42 Å². The molecule has 0 aromatic carbocycles. The topological polar surface area (TPSA) is 86.6 Å². The first-order chi connectivity index (χ1) is 7.54. The molecule has 0 fully saturated rings. The van der Waals surface area contributed by atoms with Gasteiger partial charge in [-0.2, -0.15) is 10.4 Å². The van der Waals surface area contributed by atoms with E-state index in [1.165, 1.54) is 11.3 Å². The summed E-state index contributed by atoms with van der Waals surface area (Å²) in [6.45, 7) is 0. The van der Waals surface area contributed by atoms with E-state index in [0.717, 1.165) is 11.1 Å². The molecule has 0 saturated carbocycles. The zero-order chi connectivity index (χ0) is 11.8. The maximum atomic E-state index is 11.4. The number of rotatable bonds is 2. The van der Waals surface area contributed by atoms with Crippen LogP contribution in [0.3, 0.4) is 0 Å². The number of nitriles is 1. The molecule has 0 aliphatic rings. The van der Waals surface area contributed by atoms with Crippen molar-refractivity contribution in [3.63, 3.8) is 0 Å². The van der Waals surface area contributed by atoms with Crippen LogP contribution in [0.15, 0.2) is 22.5 Å². The third-order valence-electron chi connectivity index (χ3n) is 1.97. The Labute approximate surface area is 96.3 Å². The predicted octanol–water partition coefficient (Wildman–Crippen LogP) is 1.41. The Hall–Kier alpha value is -1.65. The van der Waals surface area contributed by atoms with Crippen LogP contribution in [-0.2, 0) is 9.84 Å². The van der Waals surface area contributed by atoms with Gasteiger partial charge in [0, 0.05) is 6.26 Å². The van der Waals surface area contributed by atoms with E-state index in [2.05, 4.69) is 10.2 Å². The summed E-state index contributed by atoms with van der Waals surface area (Å²) >= 11 is 1.40. The van der Waals surface area contributed by atoms with E-state index >= 15 is 0 Å². The van der Waals surface area contributed by atoms with E-state index in [1.807, 2.05) is 17.5 Å². The third kappa shape index (κ3) is 1.73. The number of aromatic nitrogens is 2. The van der Waals surface area contributed by atoms with Crippen LogP contribution in [-0.4, -0.2) is 24.9 Å². The van der Waals surface area contributed by atoms with Gasteiger partial charge in [-0.1, -0.05) is 6.07 Å². The second-order valence-corrected chi connectivity index (χ2v) is 6.04. The van der Waals surface area contributed by atoms with Gasteiger partial charge in [0.15, 0.2) is 14.9 Å². The van der Waals surface area contributed by atoms with Gasteiger partial charge in [0.2, 0.25) is 0 Å². The van der Waals surface area contributed by atoms with Crippen molar-refractivity contribution in [2.75, 3.05) is 6.26 Å². The number of hydrogen-bond acceptors (Lipinski definition) is 5. The molecular weight excluding hydrogens is 246 g/mol. The molecule has 0 saturated heterocycles. The molecule has 0 atom stereocenters. The van der Waals surface area contributed by atoms with Crippen LogP contribution < -0.4 is 0 Å². The molecule has 0 bridgehead atoms. The second kappa shape index (κ2) is 3.73. The Morgan fingerprint density at radius 3 is 2.81 bits per heavy atom. The minimum atomic E-state index is -3.45. The van der Waals surface area contributed by atoms with Crippen LogP contribution in [0, 0.1) is 11.3 Å². The second-order valence-electron chi connectivity index (χ2n) is 3.14. The fraction of sp³-hybridized carbons (Fsp3) is 0.111. The first-order valence-electron chi connectivity index (χ1n) is 4.26. The average molecular weight is 253 g/mol. The highest BCUT2D eigenvalue weighted by atomic mass is 32.2. The Bertz CT molecular complexity index is 647. The smallest absolute Gasteiger partial charge is 0.193 e. The van der Waals surface area contributed by atoms with Crippen LogP contribution in [0.2, 0.25) is 0 Å². The molecular formula is C9H7N3O2S2. The minimum absolute atomic E-state index is 0.0740. The van der Waals surface area contributed by atoms with E-state index in [4.69, 9.17) is 5.26 Å². The first-order valence-corrected chi connectivity index (χ1v) is 7.03. The van der Waals surface area contributed by atoms with Crippen LogP contribution in [0.25, 0.3) is 10.6 Å². The first kappa shape index (κ1) is 10.9. The van der Waals surface area contributed by atoms with E-state index in [0.29, 0.717) is 5.69 Å². The fourth-order valence-corrected chi connectivity index (χ4v) is 2.73. The summed E-state index contributed by atoms with van der Waals surface area (Å²) in [5.41, 5.74) is 0.461. The summed E-state index contributed by atoms with van der Waals surface area (Å²) in [7, 11) is -3.45. The van der Waals surface area contributed by atoms with Crippen molar-refractivity contribution in [2.45, 2.75) is 5.03 Å². The van der Waals surface area contributed by atoms with Crippen LogP contribution >= 0.6 is 11.3 Å². The maximum absolute atomic E-state index is 11.4. The number of nitrogens with zero attached hydrogens (tertiary/aromatic N) is 2. The summed E-state index contributed by atoms with van der Waals surface area (Å²) < 4.78 is 22.8. The molecule has 0 radical (unpaired) electrons. The molecule has 7 heteroatoms. The van der Waals surface area contributed by atoms with Crippen molar-refractivity contribution < 1.29 is 8.42 Å². The zero-order valence-electron chi connectivity index (χ0n) is 8.26. The largest absolute Gasteiger partial charge is 0.266 e. The van der Waals surface area contributed by atoms with Crippen molar-refractivity contribution in [1.29, 1.82) is 5.26 Å². The van der Waals surface area contributed by atoms with Crippen molar-refractivity contribution in [3.05, 3.63) is 23.1 Å². The van der Waals surface area contributed by atoms with Crippen molar-refractivity contribution in [3.8, 4) is 16.6 Å². The molecule has 16 heavy (non-hydrogen) atoms. The molecule has 1 N–H and O–H groups in total. The van der Waals surface area contributed by atoms with E-state index < -0.39 is 9.84 Å². The molecule has 0 aliphatic heterocycles.